The molecule has 0 radical (unpaired) electrons. The second-order valence-corrected chi connectivity index (χ2v) is 4.64. The van der Waals surface area contributed by atoms with Gasteiger partial charge in [0.05, 0.1) is 11.4 Å². The third-order valence-electron chi connectivity index (χ3n) is 1.74. The minimum absolute atomic E-state index is 0.00269. The predicted molar refractivity (Wildman–Crippen MR) is 58.7 cm³/mol. The highest BCUT2D eigenvalue weighted by atomic mass is 79.9. The van der Waals surface area contributed by atoms with Gasteiger partial charge in [0.25, 0.3) is 0 Å². The van der Waals surface area contributed by atoms with Gasteiger partial charge in [-0.05, 0) is 11.4 Å². The van der Waals surface area contributed by atoms with Gasteiger partial charge < -0.3 is 4.74 Å². The van der Waals surface area contributed by atoms with Gasteiger partial charge in [-0.2, -0.15) is 0 Å². The van der Waals surface area contributed by atoms with Crippen molar-refractivity contribution in [2.75, 3.05) is 6.54 Å². The number of rotatable bonds is 2. The third-order valence-corrected chi connectivity index (χ3v) is 3.10. The van der Waals surface area contributed by atoms with Gasteiger partial charge in [0.15, 0.2) is 6.10 Å². The lowest BCUT2D eigenvalue weighted by atomic mass is 10.4. The summed E-state index contributed by atoms with van der Waals surface area (Å²) in [4.78, 5) is 5.37. The largest absolute Gasteiger partial charge is 0.466 e. The molecule has 0 aromatic carbocycles. The molecule has 1 aromatic rings. The summed E-state index contributed by atoms with van der Waals surface area (Å²) in [6, 6.07) is 3.99. The van der Waals surface area contributed by atoms with Crippen LogP contribution in [0.1, 0.15) is 4.88 Å². The van der Waals surface area contributed by atoms with Crippen molar-refractivity contribution in [3.8, 4) is 0 Å². The molecule has 68 valence electrons. The van der Waals surface area contributed by atoms with Gasteiger partial charge in [0.1, 0.15) is 0 Å². The summed E-state index contributed by atoms with van der Waals surface area (Å²) in [7, 11) is 0. The van der Waals surface area contributed by atoms with Crippen molar-refractivity contribution in [2.45, 2.75) is 6.10 Å². The lowest BCUT2D eigenvalue weighted by Crippen LogP contribution is -2.12. The average molecular weight is 258 g/mol. The number of hydrogen-bond donors (Lipinski definition) is 0. The van der Waals surface area contributed by atoms with Crippen molar-refractivity contribution in [2.24, 2.45) is 4.99 Å². The van der Waals surface area contributed by atoms with Crippen molar-refractivity contribution >= 4 is 33.2 Å². The van der Waals surface area contributed by atoms with Crippen molar-refractivity contribution in [3.63, 3.8) is 0 Å². The van der Waals surface area contributed by atoms with Crippen LogP contribution in [0, 0.1) is 0 Å². The molecule has 0 saturated heterocycles. The fourth-order valence-corrected chi connectivity index (χ4v) is 1.99. The minimum atomic E-state index is -0.00269. The zero-order valence-electron chi connectivity index (χ0n) is 6.87. The SMILES string of the molecule is C=C(Br)[C@H]1CN=C(c2cccs2)O1. The maximum Gasteiger partial charge on any atom is 0.227 e. The van der Waals surface area contributed by atoms with E-state index in [4.69, 9.17) is 4.74 Å². The van der Waals surface area contributed by atoms with Crippen molar-refractivity contribution < 1.29 is 4.74 Å². The number of aliphatic imine (C=N–C) groups is 1. The molecule has 1 aliphatic rings. The maximum atomic E-state index is 5.58. The van der Waals surface area contributed by atoms with Gasteiger partial charge >= 0.3 is 0 Å². The van der Waals surface area contributed by atoms with Gasteiger partial charge in [-0.25, -0.2) is 4.99 Å². The fraction of sp³-hybridized carbons (Fsp3) is 0.222. The normalized spacial score (nSPS) is 21.0. The van der Waals surface area contributed by atoms with Gasteiger partial charge in [0.2, 0.25) is 5.90 Å². The molecule has 0 unspecified atom stereocenters. The Balaban J connectivity index is 2.10. The molecule has 4 heteroatoms. The molecular formula is C9H8BrNOS. The molecular weight excluding hydrogens is 250 g/mol. The molecule has 2 nitrogen and oxygen atoms in total. The number of ether oxygens (including phenoxy) is 1. The molecule has 2 rings (SSSR count). The Labute approximate surface area is 89.1 Å². The molecule has 2 heterocycles. The Bertz CT molecular complexity index is 345. The first-order valence-corrected chi connectivity index (χ1v) is 5.54. The van der Waals surface area contributed by atoms with Gasteiger partial charge in [0, 0.05) is 4.48 Å². The van der Waals surface area contributed by atoms with Crippen LogP contribution in [0.25, 0.3) is 0 Å². The Hall–Kier alpha value is -0.610. The monoisotopic (exact) mass is 257 g/mol. The fourth-order valence-electron chi connectivity index (χ4n) is 1.07. The van der Waals surface area contributed by atoms with Crippen LogP contribution in [-0.4, -0.2) is 18.5 Å². The summed E-state index contributed by atoms with van der Waals surface area (Å²) in [5.74, 6) is 0.737. The predicted octanol–water partition coefficient (Wildman–Crippen LogP) is 2.80. The molecule has 1 aromatic heterocycles. The Morgan fingerprint density at radius 2 is 2.62 bits per heavy atom. The van der Waals surface area contributed by atoms with Crippen LogP contribution in [0.2, 0.25) is 0 Å². The van der Waals surface area contributed by atoms with Crippen LogP contribution >= 0.6 is 27.3 Å². The molecule has 0 N–H and O–H groups in total. The minimum Gasteiger partial charge on any atom is -0.466 e. The highest BCUT2D eigenvalue weighted by Crippen LogP contribution is 2.22. The van der Waals surface area contributed by atoms with Crippen LogP contribution in [-0.2, 0) is 4.74 Å². The molecule has 0 spiro atoms. The van der Waals surface area contributed by atoms with Crippen LogP contribution < -0.4 is 0 Å². The standard InChI is InChI=1S/C9H8BrNOS/c1-6(10)7-5-11-9(12-7)8-3-2-4-13-8/h2-4,7H,1,5H2/t7-/m1/s1. The molecule has 1 atom stereocenters. The molecule has 0 saturated carbocycles. The molecule has 1 aliphatic heterocycles. The summed E-state index contributed by atoms with van der Waals surface area (Å²) in [5, 5.41) is 2.01. The zero-order chi connectivity index (χ0) is 9.26. The van der Waals surface area contributed by atoms with E-state index >= 15 is 0 Å². The highest BCUT2D eigenvalue weighted by molar-refractivity contribution is 9.11. The third kappa shape index (κ3) is 1.84. The number of halogens is 1. The van der Waals surface area contributed by atoms with E-state index in [0.29, 0.717) is 6.54 Å². The maximum absolute atomic E-state index is 5.58. The van der Waals surface area contributed by atoms with E-state index in [1.165, 1.54) is 0 Å². The lowest BCUT2D eigenvalue weighted by Gasteiger charge is -2.07. The van der Waals surface area contributed by atoms with Crippen molar-refractivity contribution in [1.29, 1.82) is 0 Å². The topological polar surface area (TPSA) is 21.6 Å². The first-order chi connectivity index (χ1) is 6.27. The summed E-state index contributed by atoms with van der Waals surface area (Å²) in [5.41, 5.74) is 0. The first-order valence-electron chi connectivity index (χ1n) is 3.86. The lowest BCUT2D eigenvalue weighted by molar-refractivity contribution is 0.273. The second kappa shape index (κ2) is 3.64. The smallest absolute Gasteiger partial charge is 0.227 e. The molecule has 0 bridgehead atoms. The summed E-state index contributed by atoms with van der Waals surface area (Å²) in [6.45, 7) is 4.44. The summed E-state index contributed by atoms with van der Waals surface area (Å²) in [6.07, 6.45) is -0.00269. The van der Waals surface area contributed by atoms with E-state index < -0.39 is 0 Å². The van der Waals surface area contributed by atoms with E-state index in [-0.39, 0.29) is 6.10 Å². The van der Waals surface area contributed by atoms with E-state index in [9.17, 15) is 0 Å². The van der Waals surface area contributed by atoms with Crippen LogP contribution in [0.5, 0.6) is 0 Å². The number of thiophene rings is 1. The molecule has 0 fully saturated rings. The average Bonchev–Trinajstić information content (AvgIpc) is 2.75. The first kappa shape index (κ1) is 8.97. The van der Waals surface area contributed by atoms with E-state index in [1.54, 1.807) is 11.3 Å². The zero-order valence-corrected chi connectivity index (χ0v) is 9.27. The molecule has 0 aliphatic carbocycles. The molecule has 13 heavy (non-hydrogen) atoms. The van der Waals surface area contributed by atoms with Crippen LogP contribution in [0.4, 0.5) is 0 Å². The quantitative estimate of drug-likeness (QED) is 0.799. The Kier molecular flexibility index (Phi) is 2.51. The van der Waals surface area contributed by atoms with Crippen LogP contribution in [0.3, 0.4) is 0 Å². The van der Waals surface area contributed by atoms with Crippen molar-refractivity contribution in [1.82, 2.24) is 0 Å². The number of nitrogens with zero attached hydrogens (tertiary/aromatic N) is 1. The second-order valence-electron chi connectivity index (χ2n) is 2.68. The van der Waals surface area contributed by atoms with E-state index in [1.807, 2.05) is 17.5 Å². The summed E-state index contributed by atoms with van der Waals surface area (Å²) < 4.78 is 6.43. The number of hydrogen-bond acceptors (Lipinski definition) is 3. The van der Waals surface area contributed by atoms with Crippen molar-refractivity contribution in [3.05, 3.63) is 33.5 Å². The van der Waals surface area contributed by atoms with Crippen LogP contribution in [0.15, 0.2) is 33.6 Å². The summed E-state index contributed by atoms with van der Waals surface area (Å²) >= 11 is 4.94. The van der Waals surface area contributed by atoms with Gasteiger partial charge in [-0.3, -0.25) is 0 Å². The Morgan fingerprint density at radius 1 is 1.77 bits per heavy atom. The Morgan fingerprint density at radius 3 is 3.15 bits per heavy atom. The molecule has 0 amide bonds. The highest BCUT2D eigenvalue weighted by Gasteiger charge is 2.22. The van der Waals surface area contributed by atoms with E-state index in [2.05, 4.69) is 27.5 Å². The van der Waals surface area contributed by atoms with Gasteiger partial charge in [-0.15, -0.1) is 11.3 Å². The van der Waals surface area contributed by atoms with E-state index in [0.717, 1.165) is 15.3 Å². The van der Waals surface area contributed by atoms with Gasteiger partial charge in [-0.1, -0.05) is 28.6 Å².